The number of nitrogens with one attached hydrogen (secondary N) is 1. The summed E-state index contributed by atoms with van der Waals surface area (Å²) in [6.07, 6.45) is 1.36. The van der Waals surface area contributed by atoms with E-state index in [2.05, 4.69) is 4.72 Å². The molecule has 0 radical (unpaired) electrons. The summed E-state index contributed by atoms with van der Waals surface area (Å²) in [7, 11) is -3.45. The summed E-state index contributed by atoms with van der Waals surface area (Å²) in [6.45, 7) is 0. The van der Waals surface area contributed by atoms with Gasteiger partial charge in [-0.2, -0.15) is 0 Å². The van der Waals surface area contributed by atoms with Gasteiger partial charge in [-0.1, -0.05) is 6.07 Å². The van der Waals surface area contributed by atoms with E-state index in [-0.39, 0.29) is 17.0 Å². The van der Waals surface area contributed by atoms with Gasteiger partial charge >= 0.3 is 0 Å². The molecule has 0 aliphatic heterocycles. The predicted octanol–water partition coefficient (Wildman–Crippen LogP) is 0.576. The van der Waals surface area contributed by atoms with E-state index in [0.29, 0.717) is 6.29 Å². The SMILES string of the molecule is CS(=O)(=O)Nc1cccc(O)c1C=O. The molecule has 0 fully saturated rings. The molecule has 0 saturated carbocycles. The molecule has 0 amide bonds. The van der Waals surface area contributed by atoms with Crippen molar-refractivity contribution in [2.45, 2.75) is 0 Å². The molecule has 0 atom stereocenters. The van der Waals surface area contributed by atoms with Crippen LogP contribution in [0.4, 0.5) is 5.69 Å². The minimum absolute atomic E-state index is 0.0714. The van der Waals surface area contributed by atoms with Gasteiger partial charge in [0.25, 0.3) is 0 Å². The van der Waals surface area contributed by atoms with Crippen molar-refractivity contribution >= 4 is 22.0 Å². The quantitative estimate of drug-likeness (QED) is 0.722. The molecule has 0 aliphatic carbocycles. The van der Waals surface area contributed by atoms with Crippen LogP contribution in [0.5, 0.6) is 5.75 Å². The van der Waals surface area contributed by atoms with Crippen molar-refractivity contribution in [3.8, 4) is 5.75 Å². The second-order valence-corrected chi connectivity index (χ2v) is 4.48. The third-order valence-electron chi connectivity index (χ3n) is 1.50. The van der Waals surface area contributed by atoms with Crippen LogP contribution in [0.3, 0.4) is 0 Å². The number of phenolic OH excluding ortho intramolecular Hbond substituents is 1. The van der Waals surface area contributed by atoms with E-state index in [1.165, 1.54) is 18.2 Å². The summed E-state index contributed by atoms with van der Waals surface area (Å²) >= 11 is 0. The zero-order valence-corrected chi connectivity index (χ0v) is 8.21. The molecule has 5 nitrogen and oxygen atoms in total. The molecule has 1 rings (SSSR count). The Balaban J connectivity index is 3.21. The van der Waals surface area contributed by atoms with Crippen molar-refractivity contribution < 1.29 is 18.3 Å². The number of carbonyl (C=O) groups excluding carboxylic acids is 1. The van der Waals surface area contributed by atoms with Crippen molar-refractivity contribution in [3.63, 3.8) is 0 Å². The molecule has 0 unspecified atom stereocenters. The van der Waals surface area contributed by atoms with Gasteiger partial charge in [-0.15, -0.1) is 0 Å². The number of benzene rings is 1. The van der Waals surface area contributed by atoms with Gasteiger partial charge in [-0.25, -0.2) is 8.42 Å². The summed E-state index contributed by atoms with van der Waals surface area (Å²) < 4.78 is 23.9. The molecule has 14 heavy (non-hydrogen) atoms. The first-order valence-corrected chi connectivity index (χ1v) is 5.58. The van der Waals surface area contributed by atoms with Crippen LogP contribution >= 0.6 is 0 Å². The van der Waals surface area contributed by atoms with E-state index < -0.39 is 10.0 Å². The number of anilines is 1. The van der Waals surface area contributed by atoms with E-state index in [1.54, 1.807) is 0 Å². The van der Waals surface area contributed by atoms with Crippen LogP contribution in [0.15, 0.2) is 18.2 Å². The highest BCUT2D eigenvalue weighted by atomic mass is 32.2. The van der Waals surface area contributed by atoms with Crippen molar-refractivity contribution in [2.75, 3.05) is 11.0 Å². The average molecular weight is 215 g/mol. The maximum Gasteiger partial charge on any atom is 0.229 e. The Morgan fingerprint density at radius 2 is 2.07 bits per heavy atom. The normalized spacial score (nSPS) is 10.9. The lowest BCUT2D eigenvalue weighted by molar-refractivity contribution is 0.112. The minimum atomic E-state index is -3.45. The monoisotopic (exact) mass is 215 g/mol. The van der Waals surface area contributed by atoms with Crippen LogP contribution in [0, 0.1) is 0 Å². The van der Waals surface area contributed by atoms with Crippen LogP contribution in [0.1, 0.15) is 10.4 Å². The highest BCUT2D eigenvalue weighted by Gasteiger charge is 2.09. The lowest BCUT2D eigenvalue weighted by atomic mass is 10.2. The molecular formula is C8H9NO4S. The first kappa shape index (κ1) is 10.5. The van der Waals surface area contributed by atoms with Gasteiger partial charge in [0.2, 0.25) is 10.0 Å². The van der Waals surface area contributed by atoms with Gasteiger partial charge in [0.05, 0.1) is 17.5 Å². The third-order valence-corrected chi connectivity index (χ3v) is 2.09. The molecule has 0 aromatic heterocycles. The van der Waals surface area contributed by atoms with Gasteiger partial charge in [-0.05, 0) is 12.1 Å². The predicted molar refractivity (Wildman–Crippen MR) is 52.0 cm³/mol. The standard InChI is InChI=1S/C8H9NO4S/c1-14(12,13)9-7-3-2-4-8(11)6(7)5-10/h2-5,9,11H,1H3. The highest BCUT2D eigenvalue weighted by Crippen LogP contribution is 2.23. The number of phenols is 1. The molecule has 1 aromatic rings. The number of hydrogen-bond donors (Lipinski definition) is 2. The summed E-state index contributed by atoms with van der Waals surface area (Å²) in [6, 6.07) is 4.14. The smallest absolute Gasteiger partial charge is 0.229 e. The number of carbonyl (C=O) groups is 1. The maximum atomic E-state index is 10.9. The first-order valence-electron chi connectivity index (χ1n) is 3.69. The third kappa shape index (κ3) is 2.46. The molecular weight excluding hydrogens is 206 g/mol. The topological polar surface area (TPSA) is 83.5 Å². The van der Waals surface area contributed by atoms with Gasteiger partial charge in [0.1, 0.15) is 5.75 Å². The zero-order valence-electron chi connectivity index (χ0n) is 7.39. The molecule has 0 aliphatic rings. The van der Waals surface area contributed by atoms with Crippen molar-refractivity contribution in [3.05, 3.63) is 23.8 Å². The minimum Gasteiger partial charge on any atom is -0.507 e. The van der Waals surface area contributed by atoms with E-state index in [1.807, 2.05) is 0 Å². The Hall–Kier alpha value is -1.56. The summed E-state index contributed by atoms with van der Waals surface area (Å²) in [5, 5.41) is 9.22. The molecule has 0 bridgehead atoms. The number of aldehydes is 1. The lowest BCUT2D eigenvalue weighted by Crippen LogP contribution is -2.11. The second kappa shape index (κ2) is 3.67. The summed E-state index contributed by atoms with van der Waals surface area (Å²) in [4.78, 5) is 10.5. The van der Waals surface area contributed by atoms with Gasteiger partial charge in [0, 0.05) is 0 Å². The maximum absolute atomic E-state index is 10.9. The lowest BCUT2D eigenvalue weighted by Gasteiger charge is -2.07. The van der Waals surface area contributed by atoms with Crippen molar-refractivity contribution in [2.24, 2.45) is 0 Å². The second-order valence-electron chi connectivity index (χ2n) is 2.73. The average Bonchev–Trinajstić information content (AvgIpc) is 2.01. The molecule has 0 spiro atoms. The fourth-order valence-corrected chi connectivity index (χ4v) is 1.54. The molecule has 6 heteroatoms. The largest absolute Gasteiger partial charge is 0.507 e. The van der Waals surface area contributed by atoms with Crippen LogP contribution < -0.4 is 4.72 Å². The highest BCUT2D eigenvalue weighted by molar-refractivity contribution is 7.92. The van der Waals surface area contributed by atoms with E-state index >= 15 is 0 Å². The Kier molecular flexibility index (Phi) is 2.76. The fraction of sp³-hybridized carbons (Fsp3) is 0.125. The molecule has 0 saturated heterocycles. The first-order chi connectivity index (χ1) is 6.44. The van der Waals surface area contributed by atoms with Gasteiger partial charge in [0.15, 0.2) is 6.29 Å². The van der Waals surface area contributed by atoms with Gasteiger partial charge < -0.3 is 5.11 Å². The van der Waals surface area contributed by atoms with Crippen LogP contribution in [0.2, 0.25) is 0 Å². The molecule has 1 aromatic carbocycles. The summed E-state index contributed by atoms with van der Waals surface area (Å²) in [5.74, 6) is -0.256. The fourth-order valence-electron chi connectivity index (χ4n) is 0.966. The van der Waals surface area contributed by atoms with Crippen molar-refractivity contribution in [1.29, 1.82) is 0 Å². The van der Waals surface area contributed by atoms with E-state index in [4.69, 9.17) is 0 Å². The summed E-state index contributed by atoms with van der Waals surface area (Å²) in [5.41, 5.74) is 0.000394. The molecule has 76 valence electrons. The Bertz CT molecular complexity index is 452. The Labute approximate surface area is 81.4 Å². The number of aromatic hydroxyl groups is 1. The van der Waals surface area contributed by atoms with Crippen molar-refractivity contribution in [1.82, 2.24) is 0 Å². The Morgan fingerprint density at radius 3 is 2.57 bits per heavy atom. The number of rotatable bonds is 3. The van der Waals surface area contributed by atoms with E-state index in [9.17, 15) is 18.3 Å². The molecule has 0 heterocycles. The number of hydrogen-bond acceptors (Lipinski definition) is 4. The molecule has 2 N–H and O–H groups in total. The zero-order chi connectivity index (χ0) is 10.8. The van der Waals surface area contributed by atoms with Crippen LogP contribution in [-0.4, -0.2) is 26.1 Å². The number of sulfonamides is 1. The van der Waals surface area contributed by atoms with E-state index in [0.717, 1.165) is 6.26 Å². The van der Waals surface area contributed by atoms with Crippen LogP contribution in [-0.2, 0) is 10.0 Å². The van der Waals surface area contributed by atoms with Crippen LogP contribution in [0.25, 0.3) is 0 Å². The Morgan fingerprint density at radius 1 is 1.43 bits per heavy atom. The van der Waals surface area contributed by atoms with Gasteiger partial charge in [-0.3, -0.25) is 9.52 Å².